The summed E-state index contributed by atoms with van der Waals surface area (Å²) in [5.41, 5.74) is 0. The van der Waals surface area contributed by atoms with E-state index in [2.05, 4.69) is 24.4 Å². The van der Waals surface area contributed by atoms with Gasteiger partial charge in [-0.1, -0.05) is 6.07 Å². The van der Waals surface area contributed by atoms with Crippen molar-refractivity contribution in [1.29, 1.82) is 0 Å². The fourth-order valence-corrected chi connectivity index (χ4v) is 3.83. The number of hydrogen-bond donors (Lipinski definition) is 0. The van der Waals surface area contributed by atoms with E-state index in [9.17, 15) is 4.79 Å². The van der Waals surface area contributed by atoms with Crippen molar-refractivity contribution < 1.29 is 4.79 Å². The monoisotopic (exact) mass is 249 g/mol. The van der Waals surface area contributed by atoms with Crippen LogP contribution in [-0.4, -0.2) is 17.4 Å². The van der Waals surface area contributed by atoms with Gasteiger partial charge >= 0.3 is 0 Å². The van der Waals surface area contributed by atoms with Gasteiger partial charge in [-0.15, -0.1) is 11.3 Å². The van der Waals surface area contributed by atoms with Gasteiger partial charge in [-0.3, -0.25) is 4.79 Å². The Labute approximate surface area is 107 Å². The largest absolute Gasteiger partial charge is 0.338 e. The first-order valence-electron chi connectivity index (χ1n) is 6.59. The zero-order valence-corrected chi connectivity index (χ0v) is 11.1. The topological polar surface area (TPSA) is 20.3 Å². The molecule has 1 aromatic heterocycles. The number of carbonyl (C=O) groups excluding carboxylic acids is 1. The summed E-state index contributed by atoms with van der Waals surface area (Å²) in [6.07, 6.45) is 3.70. The molecular weight excluding hydrogens is 230 g/mol. The van der Waals surface area contributed by atoms with Gasteiger partial charge < -0.3 is 4.90 Å². The van der Waals surface area contributed by atoms with Gasteiger partial charge in [0, 0.05) is 17.3 Å². The van der Waals surface area contributed by atoms with Crippen LogP contribution in [0.5, 0.6) is 0 Å². The summed E-state index contributed by atoms with van der Waals surface area (Å²) in [7, 11) is 0. The molecular formula is C14H19NOS. The maximum absolute atomic E-state index is 12.4. The molecule has 0 aromatic carbocycles. The molecule has 2 aliphatic carbocycles. The first-order chi connectivity index (χ1) is 8.28. The molecule has 2 aliphatic rings. The third-order valence-electron chi connectivity index (χ3n) is 4.21. The molecule has 92 valence electrons. The summed E-state index contributed by atoms with van der Waals surface area (Å²) in [5, 5.41) is 2.08. The maximum atomic E-state index is 12.4. The smallest absolute Gasteiger partial charge is 0.226 e. The first kappa shape index (κ1) is 11.3. The van der Waals surface area contributed by atoms with Crippen molar-refractivity contribution in [2.45, 2.75) is 32.7 Å². The number of fused-ring (bicyclic) bond motifs is 1. The summed E-state index contributed by atoms with van der Waals surface area (Å²) < 4.78 is 0. The Morgan fingerprint density at radius 1 is 1.41 bits per heavy atom. The molecule has 0 N–H and O–H groups in total. The lowest BCUT2D eigenvalue weighted by Crippen LogP contribution is -2.34. The second-order valence-corrected chi connectivity index (χ2v) is 6.39. The van der Waals surface area contributed by atoms with Gasteiger partial charge in [0.1, 0.15) is 0 Å². The molecule has 2 fully saturated rings. The van der Waals surface area contributed by atoms with Gasteiger partial charge in [0.25, 0.3) is 0 Å². The Hall–Kier alpha value is -0.830. The summed E-state index contributed by atoms with van der Waals surface area (Å²) in [6, 6.07) is 4.18. The molecule has 0 spiro atoms. The molecule has 1 aromatic rings. The number of carbonyl (C=O) groups is 1. The quantitative estimate of drug-likeness (QED) is 0.802. The molecule has 17 heavy (non-hydrogen) atoms. The molecule has 0 saturated heterocycles. The standard InChI is InChI=1S/C14H19NOS/c1-2-15(9-13-4-3-5-17-13)14(16)12-7-10-6-11(10)8-12/h3-5,10-12H,2,6-9H2,1H3. The van der Waals surface area contributed by atoms with E-state index in [0.717, 1.165) is 37.8 Å². The molecule has 2 atom stereocenters. The van der Waals surface area contributed by atoms with Crippen molar-refractivity contribution in [2.75, 3.05) is 6.54 Å². The summed E-state index contributed by atoms with van der Waals surface area (Å²) in [5.74, 6) is 2.51. The number of amides is 1. The van der Waals surface area contributed by atoms with Crippen molar-refractivity contribution in [3.05, 3.63) is 22.4 Å². The van der Waals surface area contributed by atoms with E-state index >= 15 is 0 Å². The second-order valence-electron chi connectivity index (χ2n) is 5.36. The zero-order valence-electron chi connectivity index (χ0n) is 10.3. The van der Waals surface area contributed by atoms with Crippen LogP contribution in [0.1, 0.15) is 31.1 Å². The van der Waals surface area contributed by atoms with E-state index in [0.29, 0.717) is 11.8 Å². The van der Waals surface area contributed by atoms with Gasteiger partial charge in [-0.2, -0.15) is 0 Å². The van der Waals surface area contributed by atoms with Crippen LogP contribution < -0.4 is 0 Å². The minimum absolute atomic E-state index is 0.332. The fraction of sp³-hybridized carbons (Fsp3) is 0.643. The molecule has 1 amide bonds. The van der Waals surface area contributed by atoms with Crippen LogP contribution in [0.4, 0.5) is 0 Å². The van der Waals surface area contributed by atoms with Crippen molar-refractivity contribution in [1.82, 2.24) is 4.90 Å². The third kappa shape index (κ3) is 2.25. The van der Waals surface area contributed by atoms with E-state index in [1.54, 1.807) is 11.3 Å². The maximum Gasteiger partial charge on any atom is 0.226 e. The van der Waals surface area contributed by atoms with Crippen molar-refractivity contribution in [2.24, 2.45) is 17.8 Å². The van der Waals surface area contributed by atoms with Crippen LogP contribution in [0.3, 0.4) is 0 Å². The van der Waals surface area contributed by atoms with E-state index in [4.69, 9.17) is 0 Å². The Morgan fingerprint density at radius 3 is 2.76 bits per heavy atom. The third-order valence-corrected chi connectivity index (χ3v) is 5.07. The first-order valence-corrected chi connectivity index (χ1v) is 7.47. The van der Waals surface area contributed by atoms with Crippen LogP contribution in [0, 0.1) is 17.8 Å². The molecule has 2 nitrogen and oxygen atoms in total. The molecule has 0 aliphatic heterocycles. The van der Waals surface area contributed by atoms with Crippen molar-refractivity contribution in [3.8, 4) is 0 Å². The molecule has 2 unspecified atom stereocenters. The average Bonchev–Trinajstić information content (AvgIpc) is 2.81. The predicted octanol–water partition coefficient (Wildman–Crippen LogP) is 3.14. The highest BCUT2D eigenvalue weighted by atomic mass is 32.1. The van der Waals surface area contributed by atoms with Crippen molar-refractivity contribution >= 4 is 17.2 Å². The number of thiophene rings is 1. The van der Waals surface area contributed by atoms with Crippen LogP contribution in [0.2, 0.25) is 0 Å². The highest BCUT2D eigenvalue weighted by Crippen LogP contribution is 2.54. The molecule has 0 radical (unpaired) electrons. The Morgan fingerprint density at radius 2 is 2.18 bits per heavy atom. The highest BCUT2D eigenvalue weighted by Gasteiger charge is 2.48. The Balaban J connectivity index is 1.62. The van der Waals surface area contributed by atoms with E-state index < -0.39 is 0 Å². The van der Waals surface area contributed by atoms with Gasteiger partial charge in [-0.05, 0) is 49.5 Å². The number of hydrogen-bond acceptors (Lipinski definition) is 2. The summed E-state index contributed by atoms with van der Waals surface area (Å²) >= 11 is 1.74. The van der Waals surface area contributed by atoms with Crippen molar-refractivity contribution in [3.63, 3.8) is 0 Å². The molecule has 0 bridgehead atoms. The van der Waals surface area contributed by atoms with Gasteiger partial charge in [0.05, 0.1) is 6.54 Å². The van der Waals surface area contributed by atoms with Crippen LogP contribution in [0.15, 0.2) is 17.5 Å². The molecule has 3 rings (SSSR count). The fourth-order valence-electron chi connectivity index (χ4n) is 3.11. The summed E-state index contributed by atoms with van der Waals surface area (Å²) in [4.78, 5) is 15.7. The molecule has 3 heteroatoms. The number of nitrogens with zero attached hydrogens (tertiary/aromatic N) is 1. The molecule has 2 saturated carbocycles. The van der Waals surface area contributed by atoms with E-state index in [1.165, 1.54) is 11.3 Å². The highest BCUT2D eigenvalue weighted by molar-refractivity contribution is 7.09. The zero-order chi connectivity index (χ0) is 11.8. The van der Waals surface area contributed by atoms with Gasteiger partial charge in [0.15, 0.2) is 0 Å². The normalized spacial score (nSPS) is 30.1. The lowest BCUT2D eigenvalue weighted by Gasteiger charge is -2.24. The average molecular weight is 249 g/mol. The second kappa shape index (κ2) is 4.45. The van der Waals surface area contributed by atoms with Gasteiger partial charge in [-0.25, -0.2) is 0 Å². The summed E-state index contributed by atoms with van der Waals surface area (Å²) in [6.45, 7) is 3.72. The minimum atomic E-state index is 0.332. The lowest BCUT2D eigenvalue weighted by molar-refractivity contribution is -0.136. The number of rotatable bonds is 4. The Bertz CT molecular complexity index is 390. The SMILES string of the molecule is CCN(Cc1cccs1)C(=O)C1CC2CC2C1. The molecule has 1 heterocycles. The predicted molar refractivity (Wildman–Crippen MR) is 69.7 cm³/mol. The minimum Gasteiger partial charge on any atom is -0.338 e. The van der Waals surface area contributed by atoms with E-state index in [1.807, 2.05) is 4.90 Å². The lowest BCUT2D eigenvalue weighted by atomic mass is 10.0. The van der Waals surface area contributed by atoms with Gasteiger partial charge in [0.2, 0.25) is 5.91 Å². The van der Waals surface area contributed by atoms with Crippen LogP contribution in [0.25, 0.3) is 0 Å². The Kier molecular flexibility index (Phi) is 2.95. The van der Waals surface area contributed by atoms with Crippen LogP contribution >= 0.6 is 11.3 Å². The van der Waals surface area contributed by atoms with Crippen LogP contribution in [-0.2, 0) is 11.3 Å². The van der Waals surface area contributed by atoms with E-state index in [-0.39, 0.29) is 0 Å².